The zero-order chi connectivity index (χ0) is 37.5. The van der Waals surface area contributed by atoms with E-state index in [0.29, 0.717) is 11.8 Å². The highest BCUT2D eigenvalue weighted by Crippen LogP contribution is 2.56. The average molecular weight is 719 g/mol. The van der Waals surface area contributed by atoms with Crippen molar-refractivity contribution in [2.75, 3.05) is 0 Å². The molecule has 0 saturated heterocycles. The molecule has 2 atom stereocenters. The van der Waals surface area contributed by atoms with Crippen LogP contribution < -0.4 is 0 Å². The van der Waals surface area contributed by atoms with Crippen molar-refractivity contribution < 1.29 is 0 Å². The van der Waals surface area contributed by atoms with Crippen molar-refractivity contribution in [3.8, 4) is 27.9 Å². The Bertz CT molecular complexity index is 3100. The molecule has 0 bridgehead atoms. The van der Waals surface area contributed by atoms with Crippen molar-refractivity contribution in [3.63, 3.8) is 0 Å². The Labute approximate surface area is 327 Å². The summed E-state index contributed by atoms with van der Waals surface area (Å²) in [5.41, 5.74) is 18.4. The van der Waals surface area contributed by atoms with Crippen molar-refractivity contribution in [3.05, 3.63) is 192 Å². The van der Waals surface area contributed by atoms with Crippen LogP contribution in [0, 0.1) is 5.92 Å². The van der Waals surface area contributed by atoms with Gasteiger partial charge in [-0.3, -0.25) is 0 Å². The third-order valence-corrected chi connectivity index (χ3v) is 13.8. The molecule has 56 heavy (non-hydrogen) atoms. The lowest BCUT2D eigenvalue weighted by molar-refractivity contribution is 0.395. The Morgan fingerprint density at radius 2 is 0.946 bits per heavy atom. The first kappa shape index (κ1) is 31.9. The topological polar surface area (TPSA) is 9.86 Å². The monoisotopic (exact) mass is 718 g/mol. The minimum atomic E-state index is -0.140. The lowest BCUT2D eigenvalue weighted by Crippen LogP contribution is -2.25. The van der Waals surface area contributed by atoms with Gasteiger partial charge in [0.15, 0.2) is 0 Å². The SMILES string of the molecule is CC1(C)c2cc(-c3ccc4c(c3)C(C)(C)C3C=C(n5c6ccccc6c6ccccc65)C=CC43)ccc2-c2ccc(-n3c4ccccc4c4ccccc43)cc21. The van der Waals surface area contributed by atoms with Crippen molar-refractivity contribution in [2.45, 2.75) is 44.4 Å². The molecule has 0 fully saturated rings. The number of aromatic nitrogens is 2. The zero-order valence-electron chi connectivity index (χ0n) is 32.2. The number of fused-ring (bicyclic) bond motifs is 12. The van der Waals surface area contributed by atoms with Crippen LogP contribution >= 0.6 is 0 Å². The van der Waals surface area contributed by atoms with Crippen molar-refractivity contribution in [1.29, 1.82) is 0 Å². The summed E-state index contributed by atoms with van der Waals surface area (Å²) in [5.74, 6) is 0.730. The Hall–Kier alpha value is -6.38. The summed E-state index contributed by atoms with van der Waals surface area (Å²) in [7, 11) is 0. The Morgan fingerprint density at radius 1 is 0.464 bits per heavy atom. The maximum absolute atomic E-state index is 2.56. The van der Waals surface area contributed by atoms with E-state index >= 15 is 0 Å². The minimum absolute atomic E-state index is 0.0276. The van der Waals surface area contributed by atoms with Gasteiger partial charge in [0.05, 0.1) is 22.1 Å². The normalized spacial score (nSPS) is 18.7. The van der Waals surface area contributed by atoms with Gasteiger partial charge >= 0.3 is 0 Å². The second kappa shape index (κ2) is 11.1. The molecule has 3 aliphatic rings. The molecule has 0 aliphatic heterocycles. The average Bonchev–Trinajstić information content (AvgIpc) is 3.89. The van der Waals surface area contributed by atoms with Crippen LogP contribution in [0.5, 0.6) is 0 Å². The molecule has 9 aromatic rings. The van der Waals surface area contributed by atoms with Crippen LogP contribution in [0.25, 0.3) is 77.2 Å². The summed E-state index contributed by atoms with van der Waals surface area (Å²) in [6, 6.07) is 56.9. The second-order valence-electron chi connectivity index (χ2n) is 17.4. The van der Waals surface area contributed by atoms with Crippen molar-refractivity contribution in [1.82, 2.24) is 9.13 Å². The summed E-state index contributed by atoms with van der Waals surface area (Å²) >= 11 is 0. The fourth-order valence-corrected chi connectivity index (χ4v) is 11.0. The Morgan fingerprint density at radius 3 is 1.54 bits per heavy atom. The summed E-state index contributed by atoms with van der Waals surface area (Å²) < 4.78 is 4.91. The molecule has 268 valence electrons. The van der Waals surface area contributed by atoms with Gasteiger partial charge in [-0.1, -0.05) is 149 Å². The van der Waals surface area contributed by atoms with E-state index in [0.717, 1.165) is 0 Å². The summed E-state index contributed by atoms with van der Waals surface area (Å²) in [5, 5.41) is 5.20. The molecule has 0 radical (unpaired) electrons. The largest absolute Gasteiger partial charge is 0.310 e. The smallest absolute Gasteiger partial charge is 0.0541 e. The number of para-hydroxylation sites is 4. The fourth-order valence-electron chi connectivity index (χ4n) is 11.0. The van der Waals surface area contributed by atoms with E-state index in [2.05, 4.69) is 207 Å². The van der Waals surface area contributed by atoms with Crippen LogP contribution in [0.3, 0.4) is 0 Å². The molecule has 0 N–H and O–H groups in total. The number of benzene rings is 7. The van der Waals surface area contributed by atoms with E-state index in [4.69, 9.17) is 0 Å². The lowest BCUT2D eigenvalue weighted by Gasteiger charge is -2.31. The first-order valence-corrected chi connectivity index (χ1v) is 20.1. The van der Waals surface area contributed by atoms with Crippen LogP contribution in [0.4, 0.5) is 0 Å². The second-order valence-corrected chi connectivity index (χ2v) is 17.4. The van der Waals surface area contributed by atoms with E-state index in [9.17, 15) is 0 Å². The first-order valence-electron chi connectivity index (χ1n) is 20.1. The molecule has 3 aliphatic carbocycles. The highest BCUT2D eigenvalue weighted by molar-refractivity contribution is 6.11. The van der Waals surface area contributed by atoms with Crippen LogP contribution in [0.1, 0.15) is 55.9 Å². The van der Waals surface area contributed by atoms with E-state index in [1.165, 1.54) is 99.5 Å². The molecular weight excluding hydrogens is 677 g/mol. The van der Waals surface area contributed by atoms with Gasteiger partial charge < -0.3 is 9.13 Å². The van der Waals surface area contributed by atoms with Crippen LogP contribution in [-0.4, -0.2) is 9.13 Å². The van der Waals surface area contributed by atoms with Gasteiger partial charge in [-0.15, -0.1) is 0 Å². The van der Waals surface area contributed by atoms with Crippen LogP contribution in [0.2, 0.25) is 0 Å². The van der Waals surface area contributed by atoms with E-state index in [1.807, 2.05) is 0 Å². The predicted molar refractivity (Wildman–Crippen MR) is 236 cm³/mol. The van der Waals surface area contributed by atoms with Gasteiger partial charge in [0, 0.05) is 44.3 Å². The predicted octanol–water partition coefficient (Wildman–Crippen LogP) is 14.0. The highest BCUT2D eigenvalue weighted by Gasteiger charge is 2.45. The van der Waals surface area contributed by atoms with Gasteiger partial charge in [-0.2, -0.15) is 0 Å². The molecule has 2 unspecified atom stereocenters. The number of rotatable bonds is 3. The summed E-state index contributed by atoms with van der Waals surface area (Å²) in [6.45, 7) is 9.72. The quantitative estimate of drug-likeness (QED) is 0.172. The molecule has 0 amide bonds. The molecular formula is C54H42N2. The van der Waals surface area contributed by atoms with Gasteiger partial charge in [-0.05, 0) is 104 Å². The highest BCUT2D eigenvalue weighted by atomic mass is 15.0. The van der Waals surface area contributed by atoms with Crippen LogP contribution in [0.15, 0.2) is 170 Å². The van der Waals surface area contributed by atoms with E-state index in [-0.39, 0.29) is 10.8 Å². The first-order chi connectivity index (χ1) is 27.3. The Balaban J connectivity index is 0.916. The molecule has 7 aromatic carbocycles. The molecule has 0 spiro atoms. The maximum Gasteiger partial charge on any atom is 0.0541 e. The van der Waals surface area contributed by atoms with Gasteiger partial charge in [0.25, 0.3) is 0 Å². The molecule has 2 aromatic heterocycles. The molecule has 2 heteroatoms. The Kier molecular flexibility index (Phi) is 6.33. The standard InChI is InChI=1S/C54H42N2/c1-53(2)45-29-33(21-25-37(45)39-27-23-35(31-47(39)53)55-49-17-9-5-13-41(49)42-14-6-10-18-50(42)55)34-22-26-38-40-28-24-36(32-48(40)54(3,4)46(38)30-34)56-51-19-11-7-15-43(51)44-16-8-12-20-52(44)56/h5-32,39,47H,1-4H3. The third kappa shape index (κ3) is 4.17. The van der Waals surface area contributed by atoms with Crippen molar-refractivity contribution in [2.24, 2.45) is 5.92 Å². The number of allylic oxidation sites excluding steroid dienone is 4. The van der Waals surface area contributed by atoms with E-state index < -0.39 is 0 Å². The number of nitrogens with zero attached hydrogens (tertiary/aromatic N) is 2. The molecule has 12 rings (SSSR count). The molecule has 2 heterocycles. The van der Waals surface area contributed by atoms with E-state index in [1.54, 1.807) is 0 Å². The maximum atomic E-state index is 2.56. The minimum Gasteiger partial charge on any atom is -0.310 e. The number of hydrogen-bond donors (Lipinski definition) is 0. The van der Waals surface area contributed by atoms with Gasteiger partial charge in [-0.25, -0.2) is 0 Å². The van der Waals surface area contributed by atoms with Crippen molar-refractivity contribution >= 4 is 49.3 Å². The third-order valence-electron chi connectivity index (χ3n) is 13.8. The molecule has 0 saturated carbocycles. The zero-order valence-corrected chi connectivity index (χ0v) is 32.2. The van der Waals surface area contributed by atoms with Crippen LogP contribution in [-0.2, 0) is 10.8 Å². The summed E-state index contributed by atoms with van der Waals surface area (Å²) in [6.07, 6.45) is 7.40. The van der Waals surface area contributed by atoms with Gasteiger partial charge in [0.1, 0.15) is 0 Å². The molecule has 2 nitrogen and oxygen atoms in total. The van der Waals surface area contributed by atoms with Gasteiger partial charge in [0.2, 0.25) is 0 Å². The summed E-state index contributed by atoms with van der Waals surface area (Å²) in [4.78, 5) is 0. The number of hydrogen-bond acceptors (Lipinski definition) is 0. The lowest BCUT2D eigenvalue weighted by atomic mass is 9.74. The fraction of sp³-hybridized carbons (Fsp3) is 0.148.